The lowest BCUT2D eigenvalue weighted by Gasteiger charge is -2.07. The van der Waals surface area contributed by atoms with Crippen molar-refractivity contribution in [3.05, 3.63) is 29.6 Å². The third-order valence-corrected chi connectivity index (χ3v) is 2.33. The number of anilines is 1. The Bertz CT molecular complexity index is 412. The molecule has 0 aliphatic rings. The zero-order valence-electron chi connectivity index (χ0n) is 10.9. The summed E-state index contributed by atoms with van der Waals surface area (Å²) in [6.07, 6.45) is 0.779. The Morgan fingerprint density at radius 2 is 2.05 bits per heavy atom. The Balaban J connectivity index is 2.26. The van der Waals surface area contributed by atoms with E-state index in [1.165, 1.54) is 12.1 Å². The Morgan fingerprint density at radius 3 is 2.79 bits per heavy atom. The van der Waals surface area contributed by atoms with Gasteiger partial charge >= 0.3 is 5.97 Å². The molecular formula is C13H18FNO4. The number of methoxy groups -OCH3 is 1. The van der Waals surface area contributed by atoms with E-state index in [1.54, 1.807) is 7.11 Å². The number of nitrogens with two attached hydrogens (primary N) is 1. The lowest BCUT2D eigenvalue weighted by molar-refractivity contribution is 0.0288. The van der Waals surface area contributed by atoms with Gasteiger partial charge in [-0.15, -0.1) is 0 Å². The number of nitrogen functional groups attached to an aromatic ring is 1. The van der Waals surface area contributed by atoms with Crippen LogP contribution >= 0.6 is 0 Å². The van der Waals surface area contributed by atoms with Crippen molar-refractivity contribution in [2.24, 2.45) is 0 Å². The molecule has 0 aliphatic heterocycles. The first-order chi connectivity index (χ1) is 9.15. The molecule has 6 heteroatoms. The van der Waals surface area contributed by atoms with E-state index in [0.717, 1.165) is 12.5 Å². The maximum atomic E-state index is 13.0. The highest BCUT2D eigenvalue weighted by Gasteiger charge is 2.12. The van der Waals surface area contributed by atoms with Crippen molar-refractivity contribution in [2.45, 2.75) is 6.42 Å². The molecule has 0 spiro atoms. The molecule has 0 aromatic heterocycles. The van der Waals surface area contributed by atoms with Crippen LogP contribution in [0.3, 0.4) is 0 Å². The first-order valence-corrected chi connectivity index (χ1v) is 5.94. The molecule has 106 valence electrons. The molecule has 1 rings (SSSR count). The normalized spacial score (nSPS) is 10.4. The fourth-order valence-electron chi connectivity index (χ4n) is 1.38. The molecule has 0 heterocycles. The Morgan fingerprint density at radius 1 is 1.26 bits per heavy atom. The topological polar surface area (TPSA) is 70.8 Å². The van der Waals surface area contributed by atoms with E-state index in [0.29, 0.717) is 13.2 Å². The molecule has 0 bridgehead atoms. The number of halogens is 1. The number of ether oxygens (including phenoxy) is 3. The van der Waals surface area contributed by atoms with E-state index < -0.39 is 11.8 Å². The Labute approximate surface area is 111 Å². The number of hydrogen-bond acceptors (Lipinski definition) is 5. The molecule has 0 saturated carbocycles. The van der Waals surface area contributed by atoms with Gasteiger partial charge in [-0.2, -0.15) is 0 Å². The van der Waals surface area contributed by atoms with Gasteiger partial charge in [0, 0.05) is 26.0 Å². The van der Waals surface area contributed by atoms with Crippen LogP contribution in [-0.2, 0) is 14.2 Å². The number of esters is 1. The van der Waals surface area contributed by atoms with Gasteiger partial charge in [0.2, 0.25) is 0 Å². The summed E-state index contributed by atoms with van der Waals surface area (Å²) < 4.78 is 28.0. The van der Waals surface area contributed by atoms with Gasteiger partial charge in [0.15, 0.2) is 0 Å². The Hall–Kier alpha value is -1.66. The van der Waals surface area contributed by atoms with E-state index >= 15 is 0 Å². The molecule has 0 fully saturated rings. The predicted molar refractivity (Wildman–Crippen MR) is 68.4 cm³/mol. The number of rotatable bonds is 8. The largest absolute Gasteiger partial charge is 0.460 e. The van der Waals surface area contributed by atoms with Crippen molar-refractivity contribution in [1.82, 2.24) is 0 Å². The highest BCUT2D eigenvalue weighted by atomic mass is 19.1. The van der Waals surface area contributed by atoms with E-state index in [-0.39, 0.29) is 24.5 Å². The lowest BCUT2D eigenvalue weighted by Crippen LogP contribution is -2.13. The van der Waals surface area contributed by atoms with Crippen LogP contribution in [0.5, 0.6) is 0 Å². The molecule has 1 aromatic carbocycles. The second-order valence-corrected chi connectivity index (χ2v) is 3.83. The third kappa shape index (κ3) is 5.67. The number of hydrogen-bond donors (Lipinski definition) is 1. The maximum Gasteiger partial charge on any atom is 0.340 e. The monoisotopic (exact) mass is 271 g/mol. The molecule has 0 saturated heterocycles. The summed E-state index contributed by atoms with van der Waals surface area (Å²) in [5.74, 6) is -1.19. The van der Waals surface area contributed by atoms with Gasteiger partial charge in [0.1, 0.15) is 12.4 Å². The number of benzene rings is 1. The van der Waals surface area contributed by atoms with E-state index in [4.69, 9.17) is 19.9 Å². The summed E-state index contributed by atoms with van der Waals surface area (Å²) in [7, 11) is 1.62. The summed E-state index contributed by atoms with van der Waals surface area (Å²) in [5.41, 5.74) is 5.78. The van der Waals surface area contributed by atoms with Crippen LogP contribution in [0.2, 0.25) is 0 Å². The van der Waals surface area contributed by atoms with E-state index in [9.17, 15) is 9.18 Å². The van der Waals surface area contributed by atoms with Gasteiger partial charge in [-0.1, -0.05) is 0 Å². The van der Waals surface area contributed by atoms with Crippen molar-refractivity contribution < 1.29 is 23.4 Å². The molecule has 0 aliphatic carbocycles. The van der Waals surface area contributed by atoms with E-state index in [1.807, 2.05) is 0 Å². The van der Waals surface area contributed by atoms with Crippen molar-refractivity contribution >= 4 is 11.7 Å². The summed E-state index contributed by atoms with van der Waals surface area (Å²) in [5, 5.41) is 0. The SMILES string of the molecule is COCCCOCCOC(=O)c1cc(F)ccc1N. The lowest BCUT2D eigenvalue weighted by atomic mass is 10.2. The van der Waals surface area contributed by atoms with Crippen molar-refractivity contribution in [1.29, 1.82) is 0 Å². The molecule has 5 nitrogen and oxygen atoms in total. The van der Waals surface area contributed by atoms with Gasteiger partial charge in [0.05, 0.1) is 12.2 Å². The maximum absolute atomic E-state index is 13.0. The third-order valence-electron chi connectivity index (χ3n) is 2.33. The first-order valence-electron chi connectivity index (χ1n) is 5.94. The molecule has 19 heavy (non-hydrogen) atoms. The van der Waals surface area contributed by atoms with Crippen molar-refractivity contribution in [2.75, 3.05) is 39.3 Å². The minimum Gasteiger partial charge on any atom is -0.460 e. The summed E-state index contributed by atoms with van der Waals surface area (Å²) in [6.45, 7) is 1.54. The summed E-state index contributed by atoms with van der Waals surface area (Å²) >= 11 is 0. The minimum atomic E-state index is -0.655. The van der Waals surface area contributed by atoms with E-state index in [2.05, 4.69) is 0 Å². The van der Waals surface area contributed by atoms with Crippen LogP contribution < -0.4 is 5.73 Å². The highest BCUT2D eigenvalue weighted by Crippen LogP contribution is 2.14. The van der Waals surface area contributed by atoms with Crippen molar-refractivity contribution in [3.8, 4) is 0 Å². The standard InChI is InChI=1S/C13H18FNO4/c1-17-5-2-6-18-7-8-19-13(16)11-9-10(14)3-4-12(11)15/h3-4,9H,2,5-8,15H2,1H3. The highest BCUT2D eigenvalue weighted by molar-refractivity contribution is 5.95. The quantitative estimate of drug-likeness (QED) is 0.442. The number of carbonyl (C=O) groups excluding carboxylic acids is 1. The predicted octanol–water partition coefficient (Wildman–Crippen LogP) is 1.62. The van der Waals surface area contributed by atoms with Crippen LogP contribution in [0, 0.1) is 5.82 Å². The summed E-state index contributed by atoms with van der Waals surface area (Å²) in [6, 6.07) is 3.56. The summed E-state index contributed by atoms with van der Waals surface area (Å²) in [4.78, 5) is 11.6. The second-order valence-electron chi connectivity index (χ2n) is 3.83. The van der Waals surface area contributed by atoms with Gasteiger partial charge in [-0.25, -0.2) is 9.18 Å². The van der Waals surface area contributed by atoms with Crippen LogP contribution in [0.1, 0.15) is 16.8 Å². The fraction of sp³-hybridized carbons (Fsp3) is 0.462. The zero-order chi connectivity index (χ0) is 14.1. The Kier molecular flexibility index (Phi) is 6.84. The van der Waals surface area contributed by atoms with Crippen LogP contribution in [0.4, 0.5) is 10.1 Å². The average Bonchev–Trinajstić information content (AvgIpc) is 2.40. The second kappa shape index (κ2) is 8.44. The molecule has 0 amide bonds. The smallest absolute Gasteiger partial charge is 0.340 e. The van der Waals surface area contributed by atoms with Crippen LogP contribution in [0.25, 0.3) is 0 Å². The molecule has 0 atom stereocenters. The average molecular weight is 271 g/mol. The zero-order valence-corrected chi connectivity index (χ0v) is 10.9. The van der Waals surface area contributed by atoms with Crippen LogP contribution in [-0.4, -0.2) is 39.5 Å². The molecule has 2 N–H and O–H groups in total. The van der Waals surface area contributed by atoms with Gasteiger partial charge in [-0.3, -0.25) is 0 Å². The van der Waals surface area contributed by atoms with Gasteiger partial charge < -0.3 is 19.9 Å². The molecule has 1 aromatic rings. The van der Waals surface area contributed by atoms with Crippen molar-refractivity contribution in [3.63, 3.8) is 0 Å². The molecule has 0 radical (unpaired) electrons. The van der Waals surface area contributed by atoms with Gasteiger partial charge in [0.25, 0.3) is 0 Å². The number of carbonyl (C=O) groups is 1. The first kappa shape index (κ1) is 15.4. The fourth-order valence-corrected chi connectivity index (χ4v) is 1.38. The molecular weight excluding hydrogens is 253 g/mol. The van der Waals surface area contributed by atoms with Crippen LogP contribution in [0.15, 0.2) is 18.2 Å². The minimum absolute atomic E-state index is 0.0272. The van der Waals surface area contributed by atoms with Gasteiger partial charge in [-0.05, 0) is 24.6 Å². The molecule has 0 unspecified atom stereocenters.